The van der Waals surface area contributed by atoms with E-state index in [9.17, 15) is 0 Å². The van der Waals surface area contributed by atoms with E-state index < -0.39 is 0 Å². The van der Waals surface area contributed by atoms with Gasteiger partial charge in [0.1, 0.15) is 0 Å². The standard InChI is InChI=1S/C19H15BrSi/c20-17-12-7-13-18(14-17)21-19(15-8-3-1-4-9-15)16-10-5-2-6-11-16/h1-14,19H. The van der Waals surface area contributed by atoms with E-state index in [0.29, 0.717) is 15.1 Å². The highest BCUT2D eigenvalue weighted by atomic mass is 79.9. The van der Waals surface area contributed by atoms with E-state index in [-0.39, 0.29) is 0 Å². The molecule has 2 radical (unpaired) electrons. The van der Waals surface area contributed by atoms with Gasteiger partial charge >= 0.3 is 0 Å². The number of halogens is 1. The van der Waals surface area contributed by atoms with Gasteiger partial charge in [0.05, 0.1) is 9.52 Å². The monoisotopic (exact) mass is 350 g/mol. The van der Waals surface area contributed by atoms with Crippen LogP contribution < -0.4 is 5.19 Å². The fraction of sp³-hybridized carbons (Fsp3) is 0.0526. The molecular formula is C19H15BrSi. The molecule has 0 atom stereocenters. The molecule has 0 aliphatic rings. The van der Waals surface area contributed by atoms with Gasteiger partial charge in [-0.3, -0.25) is 0 Å². The number of benzene rings is 3. The molecule has 0 saturated carbocycles. The highest BCUT2D eigenvalue weighted by Crippen LogP contribution is 2.23. The minimum atomic E-state index is 0.418. The van der Waals surface area contributed by atoms with Crippen LogP contribution in [0.5, 0.6) is 0 Å². The van der Waals surface area contributed by atoms with Crippen LogP contribution in [-0.4, -0.2) is 9.52 Å². The second kappa shape index (κ2) is 6.88. The van der Waals surface area contributed by atoms with Crippen molar-refractivity contribution in [2.45, 2.75) is 5.54 Å². The van der Waals surface area contributed by atoms with Gasteiger partial charge in [0.2, 0.25) is 0 Å². The summed E-state index contributed by atoms with van der Waals surface area (Å²) in [6.07, 6.45) is 0. The molecule has 2 heteroatoms. The largest absolute Gasteiger partial charge is 0.0949 e. The maximum atomic E-state index is 3.57. The SMILES string of the molecule is Brc1cccc([Si]C(c2ccccc2)c2ccccc2)c1. The molecule has 0 heterocycles. The molecule has 21 heavy (non-hydrogen) atoms. The lowest BCUT2D eigenvalue weighted by molar-refractivity contribution is 1.13. The third kappa shape index (κ3) is 3.72. The predicted molar refractivity (Wildman–Crippen MR) is 94.3 cm³/mol. The molecule has 0 unspecified atom stereocenters. The summed E-state index contributed by atoms with van der Waals surface area (Å²) in [4.78, 5) is 0. The molecular weight excluding hydrogens is 336 g/mol. The third-order valence-electron chi connectivity index (χ3n) is 3.40. The van der Waals surface area contributed by atoms with Crippen LogP contribution in [0.3, 0.4) is 0 Å². The topological polar surface area (TPSA) is 0 Å². The normalized spacial score (nSPS) is 10.8. The van der Waals surface area contributed by atoms with Crippen molar-refractivity contribution in [3.63, 3.8) is 0 Å². The Morgan fingerprint density at radius 1 is 0.667 bits per heavy atom. The molecule has 0 amide bonds. The molecule has 0 aliphatic carbocycles. The Labute approximate surface area is 136 Å². The Hall–Kier alpha value is -1.64. The number of hydrogen-bond donors (Lipinski definition) is 0. The first-order chi connectivity index (χ1) is 10.3. The van der Waals surface area contributed by atoms with Crippen LogP contribution in [0.15, 0.2) is 89.4 Å². The van der Waals surface area contributed by atoms with E-state index >= 15 is 0 Å². The quantitative estimate of drug-likeness (QED) is 0.604. The van der Waals surface area contributed by atoms with Crippen LogP contribution in [0.2, 0.25) is 0 Å². The van der Waals surface area contributed by atoms with Crippen LogP contribution >= 0.6 is 15.9 Å². The summed E-state index contributed by atoms with van der Waals surface area (Å²) in [5, 5.41) is 1.38. The van der Waals surface area contributed by atoms with Crippen LogP contribution in [0.4, 0.5) is 0 Å². The summed E-state index contributed by atoms with van der Waals surface area (Å²) in [6, 6.07) is 30.2. The molecule has 0 bridgehead atoms. The highest BCUT2D eigenvalue weighted by Gasteiger charge is 2.15. The Morgan fingerprint density at radius 2 is 1.24 bits per heavy atom. The van der Waals surface area contributed by atoms with Crippen LogP contribution in [0, 0.1) is 0 Å². The Balaban J connectivity index is 1.97. The van der Waals surface area contributed by atoms with E-state index in [0.717, 1.165) is 4.47 Å². The Morgan fingerprint density at radius 3 is 1.76 bits per heavy atom. The zero-order valence-corrected chi connectivity index (χ0v) is 14.1. The molecule has 0 aromatic heterocycles. The molecule has 0 nitrogen and oxygen atoms in total. The molecule has 3 rings (SSSR count). The van der Waals surface area contributed by atoms with E-state index in [2.05, 4.69) is 101 Å². The van der Waals surface area contributed by atoms with E-state index in [4.69, 9.17) is 0 Å². The molecule has 0 N–H and O–H groups in total. The van der Waals surface area contributed by atoms with Gasteiger partial charge in [-0.15, -0.1) is 0 Å². The van der Waals surface area contributed by atoms with Crippen LogP contribution in [0.25, 0.3) is 0 Å². The second-order valence-electron chi connectivity index (χ2n) is 4.91. The Bertz CT molecular complexity index is 656. The van der Waals surface area contributed by atoms with Gasteiger partial charge in [-0.05, 0) is 23.3 Å². The molecule has 3 aromatic carbocycles. The average Bonchev–Trinajstić information content (AvgIpc) is 2.54. The summed E-state index contributed by atoms with van der Waals surface area (Å²) in [7, 11) is 0.717. The van der Waals surface area contributed by atoms with Crippen molar-refractivity contribution >= 4 is 30.6 Å². The zero-order chi connectivity index (χ0) is 14.5. The number of hydrogen-bond acceptors (Lipinski definition) is 0. The van der Waals surface area contributed by atoms with Crippen molar-refractivity contribution in [2.24, 2.45) is 0 Å². The molecule has 3 aromatic rings. The van der Waals surface area contributed by atoms with E-state index in [1.807, 2.05) is 0 Å². The first-order valence-electron chi connectivity index (χ1n) is 6.95. The van der Waals surface area contributed by atoms with Gasteiger partial charge in [0.25, 0.3) is 0 Å². The smallest absolute Gasteiger partial charge is 0.0634 e. The number of rotatable bonds is 4. The lowest BCUT2D eigenvalue weighted by atomic mass is 10.0. The molecule has 0 saturated heterocycles. The fourth-order valence-corrected chi connectivity index (χ4v) is 4.49. The van der Waals surface area contributed by atoms with Crippen molar-refractivity contribution in [1.29, 1.82) is 0 Å². The minimum absolute atomic E-state index is 0.418. The summed E-state index contributed by atoms with van der Waals surface area (Å²) < 4.78 is 1.15. The van der Waals surface area contributed by atoms with E-state index in [1.165, 1.54) is 16.3 Å². The summed E-state index contributed by atoms with van der Waals surface area (Å²) in [5.41, 5.74) is 3.17. The van der Waals surface area contributed by atoms with Crippen molar-refractivity contribution in [2.75, 3.05) is 0 Å². The minimum Gasteiger partial charge on any atom is -0.0634 e. The van der Waals surface area contributed by atoms with Gasteiger partial charge in [0.15, 0.2) is 0 Å². The third-order valence-corrected chi connectivity index (χ3v) is 5.49. The molecule has 0 fully saturated rings. The van der Waals surface area contributed by atoms with Gasteiger partial charge in [-0.1, -0.05) is 93.9 Å². The maximum absolute atomic E-state index is 3.57. The fourth-order valence-electron chi connectivity index (χ4n) is 2.40. The van der Waals surface area contributed by atoms with Crippen molar-refractivity contribution in [3.8, 4) is 0 Å². The van der Waals surface area contributed by atoms with E-state index in [1.54, 1.807) is 0 Å². The molecule has 0 spiro atoms. The highest BCUT2D eigenvalue weighted by molar-refractivity contribution is 9.10. The Kier molecular flexibility index (Phi) is 4.68. The maximum Gasteiger partial charge on any atom is 0.0949 e. The lowest BCUT2D eigenvalue weighted by Gasteiger charge is -2.17. The van der Waals surface area contributed by atoms with Gasteiger partial charge in [-0.25, -0.2) is 0 Å². The van der Waals surface area contributed by atoms with Crippen LogP contribution in [0.1, 0.15) is 16.7 Å². The van der Waals surface area contributed by atoms with Gasteiger partial charge in [0, 0.05) is 10.0 Å². The van der Waals surface area contributed by atoms with Crippen molar-refractivity contribution in [3.05, 3.63) is 101 Å². The second-order valence-corrected chi connectivity index (χ2v) is 7.27. The zero-order valence-electron chi connectivity index (χ0n) is 11.5. The molecule has 102 valence electrons. The predicted octanol–water partition coefficient (Wildman–Crippen LogP) is 4.57. The first-order valence-corrected chi connectivity index (χ1v) is 8.82. The lowest BCUT2D eigenvalue weighted by Crippen LogP contribution is -2.22. The first kappa shape index (κ1) is 14.3. The van der Waals surface area contributed by atoms with Gasteiger partial charge in [-0.2, -0.15) is 0 Å². The van der Waals surface area contributed by atoms with Crippen molar-refractivity contribution in [1.82, 2.24) is 0 Å². The van der Waals surface area contributed by atoms with Crippen LogP contribution in [-0.2, 0) is 0 Å². The summed E-state index contributed by atoms with van der Waals surface area (Å²) >= 11 is 3.57. The summed E-state index contributed by atoms with van der Waals surface area (Å²) in [5.74, 6) is 0. The van der Waals surface area contributed by atoms with Crippen molar-refractivity contribution < 1.29 is 0 Å². The summed E-state index contributed by atoms with van der Waals surface area (Å²) in [6.45, 7) is 0. The van der Waals surface area contributed by atoms with Gasteiger partial charge < -0.3 is 0 Å². The molecule has 0 aliphatic heterocycles. The average molecular weight is 351 g/mol.